The van der Waals surface area contributed by atoms with Crippen molar-refractivity contribution < 1.29 is 29.8 Å². The summed E-state index contributed by atoms with van der Waals surface area (Å²) in [5, 5.41) is 18.2. The Balaban J connectivity index is 1.57. The number of carboxylic acids is 1. The minimum absolute atomic E-state index is 0.120. The number of carboxylic acid groups (broad SMARTS) is 1. The fourth-order valence-corrected chi connectivity index (χ4v) is 9.29. The topological polar surface area (TPSA) is 85.2 Å². The molecule has 4 aliphatic rings. The molecule has 0 aromatic rings. The number of hydrogen-bond donors (Lipinski definition) is 2. The lowest BCUT2D eigenvalue weighted by molar-refractivity contribution is -0.345. The molecule has 4 fully saturated rings. The summed E-state index contributed by atoms with van der Waals surface area (Å²) in [6, 6.07) is 0. The fraction of sp³-hybridized carbons (Fsp3) is 0.962. The quantitative estimate of drug-likeness (QED) is 0.357. The minimum atomic E-state index is -0.678. The lowest BCUT2D eigenvalue weighted by Gasteiger charge is -2.63. The zero-order valence-electron chi connectivity index (χ0n) is 20.4. The molecular formula is C26H44O6. The molecule has 1 unspecified atom stereocenters. The minimum Gasteiger partial charge on any atom is -0.481 e. The van der Waals surface area contributed by atoms with Gasteiger partial charge >= 0.3 is 5.97 Å². The molecule has 0 aromatic carbocycles. The van der Waals surface area contributed by atoms with Gasteiger partial charge in [0.15, 0.2) is 0 Å². The van der Waals surface area contributed by atoms with Gasteiger partial charge < -0.3 is 5.11 Å². The van der Waals surface area contributed by atoms with Crippen LogP contribution in [0, 0.1) is 52.3 Å². The molecule has 0 radical (unpaired) electrons. The van der Waals surface area contributed by atoms with Gasteiger partial charge in [-0.1, -0.05) is 20.8 Å². The Morgan fingerprint density at radius 2 is 1.78 bits per heavy atom. The van der Waals surface area contributed by atoms with Gasteiger partial charge in [-0.15, -0.1) is 0 Å². The van der Waals surface area contributed by atoms with Crippen LogP contribution in [0.4, 0.5) is 0 Å². The summed E-state index contributed by atoms with van der Waals surface area (Å²) in [5.74, 6) is 3.14. The molecule has 0 aliphatic heterocycles. The van der Waals surface area contributed by atoms with E-state index in [-0.39, 0.29) is 17.9 Å². The van der Waals surface area contributed by atoms with E-state index in [0.29, 0.717) is 53.4 Å². The Morgan fingerprint density at radius 3 is 2.47 bits per heavy atom. The summed E-state index contributed by atoms with van der Waals surface area (Å²) in [7, 11) is 1.64. The number of aliphatic carboxylic acids is 1. The summed E-state index contributed by atoms with van der Waals surface area (Å²) in [6.07, 6.45) is 10.5. The lowest BCUT2D eigenvalue weighted by Crippen LogP contribution is -2.59. The molecule has 4 aliphatic carbocycles. The predicted octanol–water partition coefficient (Wildman–Crippen LogP) is 5.81. The predicted molar refractivity (Wildman–Crippen MR) is 121 cm³/mol. The highest BCUT2D eigenvalue weighted by molar-refractivity contribution is 5.66. The Labute approximate surface area is 193 Å². The fourth-order valence-electron chi connectivity index (χ4n) is 9.29. The Bertz CT molecular complexity index is 669. The van der Waals surface area contributed by atoms with E-state index >= 15 is 0 Å². The highest BCUT2D eigenvalue weighted by atomic mass is 17.2. The first-order valence-corrected chi connectivity index (χ1v) is 12.9. The number of carbonyl (C=O) groups is 1. The summed E-state index contributed by atoms with van der Waals surface area (Å²) in [6.45, 7) is 7.74. The maximum absolute atomic E-state index is 11.2. The van der Waals surface area contributed by atoms with Gasteiger partial charge in [0.2, 0.25) is 0 Å². The highest BCUT2D eigenvalue weighted by Gasteiger charge is 2.63. The molecule has 6 heteroatoms. The molecule has 10 atom stereocenters. The maximum Gasteiger partial charge on any atom is 0.303 e. The second-order valence-electron chi connectivity index (χ2n) is 12.1. The summed E-state index contributed by atoms with van der Waals surface area (Å²) in [4.78, 5) is 27.0. The van der Waals surface area contributed by atoms with Crippen molar-refractivity contribution in [3.05, 3.63) is 0 Å². The molecule has 2 N–H and O–H groups in total. The Morgan fingerprint density at radius 1 is 1.06 bits per heavy atom. The van der Waals surface area contributed by atoms with E-state index in [9.17, 15) is 9.90 Å². The van der Waals surface area contributed by atoms with Crippen molar-refractivity contribution in [1.29, 1.82) is 0 Å². The van der Waals surface area contributed by atoms with Crippen LogP contribution in [0.3, 0.4) is 0 Å². The van der Waals surface area contributed by atoms with Crippen molar-refractivity contribution in [3.63, 3.8) is 0 Å². The van der Waals surface area contributed by atoms with E-state index in [1.807, 2.05) is 0 Å². The number of fused-ring (bicyclic) bond motifs is 5. The van der Waals surface area contributed by atoms with Gasteiger partial charge in [0.25, 0.3) is 0 Å². The first-order chi connectivity index (χ1) is 15.2. The molecule has 0 bridgehead atoms. The zero-order valence-corrected chi connectivity index (χ0v) is 20.4. The van der Waals surface area contributed by atoms with Crippen molar-refractivity contribution in [3.8, 4) is 0 Å². The van der Waals surface area contributed by atoms with E-state index in [1.54, 1.807) is 7.11 Å². The Kier molecular flexibility index (Phi) is 7.27. The largest absolute Gasteiger partial charge is 0.481 e. The summed E-state index contributed by atoms with van der Waals surface area (Å²) < 4.78 is 0. The van der Waals surface area contributed by atoms with Crippen LogP contribution in [0.25, 0.3) is 0 Å². The average Bonchev–Trinajstić information content (AvgIpc) is 3.10. The van der Waals surface area contributed by atoms with Gasteiger partial charge in [-0.2, -0.15) is 0 Å². The van der Waals surface area contributed by atoms with Crippen LogP contribution >= 0.6 is 0 Å². The maximum atomic E-state index is 11.2. The third-order valence-corrected chi connectivity index (χ3v) is 10.9. The first-order valence-electron chi connectivity index (χ1n) is 12.9. The molecule has 0 amide bonds. The third-order valence-electron chi connectivity index (χ3n) is 10.9. The van der Waals surface area contributed by atoms with Crippen LogP contribution < -0.4 is 0 Å². The normalized spacial score (nSPS) is 46.7. The van der Waals surface area contributed by atoms with Crippen LogP contribution in [0.1, 0.15) is 85.0 Å². The molecular weight excluding hydrogens is 408 g/mol. The smallest absolute Gasteiger partial charge is 0.303 e. The van der Waals surface area contributed by atoms with Gasteiger partial charge in [0.05, 0.1) is 19.8 Å². The van der Waals surface area contributed by atoms with E-state index in [4.69, 9.17) is 15.0 Å². The third kappa shape index (κ3) is 4.14. The van der Waals surface area contributed by atoms with Crippen molar-refractivity contribution in [2.45, 2.75) is 91.1 Å². The highest BCUT2D eigenvalue weighted by Crippen LogP contribution is 2.69. The van der Waals surface area contributed by atoms with Crippen molar-refractivity contribution in [2.24, 2.45) is 52.3 Å². The van der Waals surface area contributed by atoms with Gasteiger partial charge in [-0.05, 0) is 110 Å². The summed E-state index contributed by atoms with van der Waals surface area (Å²) >= 11 is 0. The van der Waals surface area contributed by atoms with Gasteiger partial charge in [0.1, 0.15) is 0 Å². The van der Waals surface area contributed by atoms with Crippen LogP contribution in [0.2, 0.25) is 0 Å². The monoisotopic (exact) mass is 452 g/mol. The second-order valence-corrected chi connectivity index (χ2v) is 12.1. The first kappa shape index (κ1) is 24.4. The molecule has 0 aromatic heterocycles. The molecule has 0 saturated heterocycles. The Hall–Kier alpha value is -0.690. The van der Waals surface area contributed by atoms with E-state index < -0.39 is 5.97 Å². The SMILES string of the molecule is COOC1C[C@@H]2C[C@H](COO)CC[C@]2(C)[C@H]2CC[C@]3(C)[C@@H]([C@H](C)CCC(=O)O)CC[C@H]3[C@H]12. The zero-order chi connectivity index (χ0) is 23.1. The van der Waals surface area contributed by atoms with Crippen LogP contribution in [0.5, 0.6) is 0 Å². The molecule has 0 heterocycles. The number of rotatable bonds is 8. The molecule has 4 saturated carbocycles. The van der Waals surface area contributed by atoms with E-state index in [2.05, 4.69) is 25.7 Å². The van der Waals surface area contributed by atoms with Gasteiger partial charge in [-0.25, -0.2) is 14.7 Å². The average molecular weight is 453 g/mol. The van der Waals surface area contributed by atoms with E-state index in [1.165, 1.54) is 32.1 Å². The van der Waals surface area contributed by atoms with Crippen molar-refractivity contribution in [1.82, 2.24) is 0 Å². The van der Waals surface area contributed by atoms with Gasteiger partial charge in [-0.3, -0.25) is 10.1 Å². The molecule has 32 heavy (non-hydrogen) atoms. The van der Waals surface area contributed by atoms with Crippen LogP contribution in [0.15, 0.2) is 0 Å². The van der Waals surface area contributed by atoms with Crippen LogP contribution in [-0.4, -0.2) is 36.2 Å². The molecule has 0 spiro atoms. The van der Waals surface area contributed by atoms with Crippen molar-refractivity contribution in [2.75, 3.05) is 13.7 Å². The van der Waals surface area contributed by atoms with Crippen LogP contribution in [-0.2, 0) is 19.5 Å². The standard InChI is InChI=1S/C26H44O6/c1-16(5-8-23(27)28)19-6-7-20-24-21(10-12-26(19,20)3)25(2)11-9-17(15-31-29)13-18(25)14-22(24)32-30-4/h16-22,24,29H,5-15H2,1-4H3,(H,27,28)/t16-,17-,18+,19-,20+,21+,22?,24+,25+,26-/m1/s1. The lowest BCUT2D eigenvalue weighted by atomic mass is 9.43. The molecule has 6 nitrogen and oxygen atoms in total. The van der Waals surface area contributed by atoms with Gasteiger partial charge in [0, 0.05) is 6.42 Å². The second kappa shape index (κ2) is 9.52. The van der Waals surface area contributed by atoms with E-state index in [0.717, 1.165) is 25.7 Å². The molecule has 184 valence electrons. The number of hydrogen-bond acceptors (Lipinski definition) is 5. The summed E-state index contributed by atoms with van der Waals surface area (Å²) in [5.41, 5.74) is 0.581. The van der Waals surface area contributed by atoms with Crippen molar-refractivity contribution >= 4 is 5.97 Å². The molecule has 4 rings (SSSR count).